The highest BCUT2D eigenvalue weighted by Crippen LogP contribution is 2.12. The minimum atomic E-state index is 0.436. The Morgan fingerprint density at radius 3 is 2.86 bits per heavy atom. The second-order valence-corrected chi connectivity index (χ2v) is 4.75. The third-order valence-corrected chi connectivity index (χ3v) is 3.31. The van der Waals surface area contributed by atoms with Gasteiger partial charge in [-0.3, -0.25) is 0 Å². The van der Waals surface area contributed by atoms with Gasteiger partial charge in [0, 0.05) is 13.1 Å². The van der Waals surface area contributed by atoms with Crippen LogP contribution in [-0.4, -0.2) is 21.1 Å². The number of aryl methyl sites for hydroxylation is 1. The molecule has 0 aliphatic rings. The number of benzene rings is 1. The Balaban J connectivity index is 1.53. The highest BCUT2D eigenvalue weighted by Gasteiger charge is 2.00. The molecule has 3 aromatic rings. The van der Waals surface area contributed by atoms with Crippen molar-refractivity contribution in [1.29, 1.82) is 5.26 Å². The molecule has 0 aliphatic carbocycles. The number of nitriles is 1. The van der Waals surface area contributed by atoms with Crippen LogP contribution in [0.1, 0.15) is 12.1 Å². The van der Waals surface area contributed by atoms with E-state index in [2.05, 4.69) is 25.9 Å². The number of para-hydroxylation sites is 2. The van der Waals surface area contributed by atoms with Gasteiger partial charge in [-0.05, 0) is 30.7 Å². The first-order valence-electron chi connectivity index (χ1n) is 6.87. The molecule has 5 heteroatoms. The van der Waals surface area contributed by atoms with Gasteiger partial charge in [0.2, 0.25) is 0 Å². The number of imidazole rings is 1. The van der Waals surface area contributed by atoms with Gasteiger partial charge in [-0.1, -0.05) is 12.1 Å². The molecule has 0 aliphatic heterocycles. The van der Waals surface area contributed by atoms with Crippen molar-refractivity contribution in [3.8, 4) is 6.07 Å². The van der Waals surface area contributed by atoms with E-state index in [1.807, 2.05) is 36.7 Å². The van der Waals surface area contributed by atoms with Crippen LogP contribution >= 0.6 is 0 Å². The maximum absolute atomic E-state index is 8.69. The zero-order valence-electron chi connectivity index (χ0n) is 11.5. The fourth-order valence-corrected chi connectivity index (χ4v) is 2.24. The Bertz CT molecular complexity index is 767. The van der Waals surface area contributed by atoms with Crippen LogP contribution in [0.15, 0.2) is 48.9 Å². The van der Waals surface area contributed by atoms with Crippen molar-refractivity contribution in [2.75, 3.05) is 11.9 Å². The molecule has 0 fully saturated rings. The highest BCUT2D eigenvalue weighted by molar-refractivity contribution is 5.74. The van der Waals surface area contributed by atoms with Gasteiger partial charge in [-0.25, -0.2) is 9.97 Å². The summed E-state index contributed by atoms with van der Waals surface area (Å²) in [6.07, 6.45) is 4.56. The summed E-state index contributed by atoms with van der Waals surface area (Å²) in [6, 6.07) is 13.7. The van der Waals surface area contributed by atoms with Crippen LogP contribution in [0.3, 0.4) is 0 Å². The Labute approximate surface area is 122 Å². The Morgan fingerprint density at radius 2 is 2.05 bits per heavy atom. The predicted octanol–water partition coefficient (Wildman–Crippen LogP) is 2.81. The molecule has 2 aromatic heterocycles. The largest absolute Gasteiger partial charge is 0.384 e. The molecule has 0 bridgehead atoms. The van der Waals surface area contributed by atoms with Crippen LogP contribution in [-0.2, 0) is 6.54 Å². The number of rotatable bonds is 5. The van der Waals surface area contributed by atoms with Crippen molar-refractivity contribution in [1.82, 2.24) is 14.5 Å². The number of pyridine rings is 1. The summed E-state index contributed by atoms with van der Waals surface area (Å²) in [7, 11) is 0. The van der Waals surface area contributed by atoms with Crippen molar-refractivity contribution in [2.24, 2.45) is 0 Å². The Kier molecular flexibility index (Phi) is 3.79. The highest BCUT2D eigenvalue weighted by atomic mass is 15.0. The average molecular weight is 277 g/mol. The van der Waals surface area contributed by atoms with Gasteiger partial charge < -0.3 is 9.88 Å². The van der Waals surface area contributed by atoms with E-state index in [0.29, 0.717) is 5.69 Å². The van der Waals surface area contributed by atoms with E-state index in [1.165, 1.54) is 0 Å². The third-order valence-electron chi connectivity index (χ3n) is 3.31. The van der Waals surface area contributed by atoms with Crippen molar-refractivity contribution in [3.63, 3.8) is 0 Å². The molecule has 0 radical (unpaired) electrons. The molecule has 2 heterocycles. The lowest BCUT2D eigenvalue weighted by molar-refractivity contribution is 0.677. The molecule has 1 N–H and O–H groups in total. The number of fused-ring (bicyclic) bond motifs is 1. The van der Waals surface area contributed by atoms with Crippen LogP contribution in [0, 0.1) is 11.3 Å². The third kappa shape index (κ3) is 3.00. The second kappa shape index (κ2) is 6.06. The van der Waals surface area contributed by atoms with Crippen LogP contribution < -0.4 is 5.32 Å². The maximum atomic E-state index is 8.69. The van der Waals surface area contributed by atoms with Gasteiger partial charge in [0.05, 0.1) is 29.2 Å². The fraction of sp³-hybridized carbons (Fsp3) is 0.188. The van der Waals surface area contributed by atoms with Gasteiger partial charge in [-0.2, -0.15) is 5.26 Å². The van der Waals surface area contributed by atoms with E-state index in [1.54, 1.807) is 12.3 Å². The molecule has 5 nitrogen and oxygen atoms in total. The first-order valence-corrected chi connectivity index (χ1v) is 6.87. The molecule has 0 spiro atoms. The van der Waals surface area contributed by atoms with Crippen LogP contribution in [0.2, 0.25) is 0 Å². The van der Waals surface area contributed by atoms with E-state index < -0.39 is 0 Å². The number of aromatic nitrogens is 3. The fourth-order valence-electron chi connectivity index (χ4n) is 2.24. The van der Waals surface area contributed by atoms with Crippen LogP contribution in [0.25, 0.3) is 11.0 Å². The molecular formula is C16H15N5. The summed E-state index contributed by atoms with van der Waals surface area (Å²) in [6.45, 7) is 1.76. The van der Waals surface area contributed by atoms with E-state index in [4.69, 9.17) is 5.26 Å². The van der Waals surface area contributed by atoms with E-state index in [-0.39, 0.29) is 0 Å². The van der Waals surface area contributed by atoms with Gasteiger partial charge in [0.1, 0.15) is 11.8 Å². The summed E-state index contributed by atoms with van der Waals surface area (Å²) < 4.78 is 2.16. The molecule has 104 valence electrons. The minimum absolute atomic E-state index is 0.436. The quantitative estimate of drug-likeness (QED) is 0.728. The summed E-state index contributed by atoms with van der Waals surface area (Å²) in [5.41, 5.74) is 3.56. The van der Waals surface area contributed by atoms with Gasteiger partial charge in [0.25, 0.3) is 0 Å². The standard InChI is InChI=1S/C16H15N5/c17-10-13-6-7-14(11-19-13)18-8-3-9-21-12-20-15-4-1-2-5-16(15)21/h1-2,4-7,11-12,18H,3,8-9H2. The smallest absolute Gasteiger partial charge is 0.140 e. The molecule has 3 rings (SSSR count). The Morgan fingerprint density at radius 1 is 1.14 bits per heavy atom. The molecule has 0 saturated heterocycles. The minimum Gasteiger partial charge on any atom is -0.384 e. The average Bonchev–Trinajstić information content (AvgIpc) is 2.95. The molecule has 1 aromatic carbocycles. The molecular weight excluding hydrogens is 262 g/mol. The number of hydrogen-bond donors (Lipinski definition) is 1. The van der Waals surface area contributed by atoms with Crippen molar-refractivity contribution < 1.29 is 0 Å². The topological polar surface area (TPSA) is 66.5 Å². The zero-order chi connectivity index (χ0) is 14.5. The normalized spacial score (nSPS) is 10.4. The molecule has 0 atom stereocenters. The van der Waals surface area contributed by atoms with Crippen molar-refractivity contribution in [3.05, 3.63) is 54.6 Å². The van der Waals surface area contributed by atoms with E-state index in [0.717, 1.165) is 36.2 Å². The molecule has 0 saturated carbocycles. The maximum Gasteiger partial charge on any atom is 0.140 e. The van der Waals surface area contributed by atoms with Crippen LogP contribution in [0.4, 0.5) is 5.69 Å². The SMILES string of the molecule is N#Cc1ccc(NCCCn2cnc3ccccc32)cn1. The lowest BCUT2D eigenvalue weighted by atomic mass is 10.3. The zero-order valence-corrected chi connectivity index (χ0v) is 11.5. The van der Waals surface area contributed by atoms with Crippen LogP contribution in [0.5, 0.6) is 0 Å². The lowest BCUT2D eigenvalue weighted by Crippen LogP contribution is -2.06. The number of nitrogens with one attached hydrogen (secondary N) is 1. The summed E-state index contributed by atoms with van der Waals surface area (Å²) in [5.74, 6) is 0. The van der Waals surface area contributed by atoms with Gasteiger partial charge in [-0.15, -0.1) is 0 Å². The summed E-state index contributed by atoms with van der Waals surface area (Å²) in [4.78, 5) is 8.40. The first kappa shape index (κ1) is 13.1. The monoisotopic (exact) mass is 277 g/mol. The number of anilines is 1. The van der Waals surface area contributed by atoms with Gasteiger partial charge in [0.15, 0.2) is 0 Å². The number of hydrogen-bond acceptors (Lipinski definition) is 4. The van der Waals surface area contributed by atoms with Crippen molar-refractivity contribution >= 4 is 16.7 Å². The molecule has 0 amide bonds. The molecule has 21 heavy (non-hydrogen) atoms. The first-order chi connectivity index (χ1) is 10.4. The lowest BCUT2D eigenvalue weighted by Gasteiger charge is -2.07. The Hall–Kier alpha value is -2.87. The second-order valence-electron chi connectivity index (χ2n) is 4.75. The van der Waals surface area contributed by atoms with Crippen molar-refractivity contribution in [2.45, 2.75) is 13.0 Å². The summed E-state index contributed by atoms with van der Waals surface area (Å²) in [5, 5.41) is 12.0. The number of nitrogens with zero attached hydrogens (tertiary/aromatic N) is 4. The summed E-state index contributed by atoms with van der Waals surface area (Å²) >= 11 is 0. The molecule has 0 unspecified atom stereocenters. The van der Waals surface area contributed by atoms with E-state index in [9.17, 15) is 0 Å². The predicted molar refractivity (Wildman–Crippen MR) is 81.8 cm³/mol. The van der Waals surface area contributed by atoms with E-state index >= 15 is 0 Å². The van der Waals surface area contributed by atoms with Gasteiger partial charge >= 0.3 is 0 Å².